The molecule has 0 bridgehead atoms. The number of carbonyl (C=O) groups is 1. The van der Waals surface area contributed by atoms with E-state index in [0.29, 0.717) is 5.69 Å². The summed E-state index contributed by atoms with van der Waals surface area (Å²) in [5, 5.41) is 0. The molecule has 6 heteroatoms. The maximum Gasteiger partial charge on any atom is 0.232 e. The number of benzene rings is 1. The molecule has 1 amide bonds. The molecule has 0 unspecified atom stereocenters. The van der Waals surface area contributed by atoms with E-state index in [1.165, 1.54) is 17.0 Å². The molecular formula is C17H26N2O3S. The SMILES string of the molecule is Cc1ccc(N(CCC(=O)N2CCCCC2)S(C)(=O)=O)cc1C. The third-order valence-electron chi connectivity index (χ3n) is 4.42. The Kier molecular flexibility index (Phi) is 5.68. The van der Waals surface area contributed by atoms with Crippen LogP contribution in [0.1, 0.15) is 36.8 Å². The molecule has 2 rings (SSSR count). The summed E-state index contributed by atoms with van der Waals surface area (Å²) in [5.74, 6) is 0.0437. The molecule has 0 aromatic heterocycles. The Hall–Kier alpha value is -1.56. The molecule has 1 heterocycles. The van der Waals surface area contributed by atoms with Gasteiger partial charge < -0.3 is 4.90 Å². The summed E-state index contributed by atoms with van der Waals surface area (Å²) in [5.41, 5.74) is 2.78. The highest BCUT2D eigenvalue weighted by atomic mass is 32.2. The normalized spacial score (nSPS) is 15.5. The molecular weight excluding hydrogens is 312 g/mol. The first-order valence-electron chi connectivity index (χ1n) is 8.12. The van der Waals surface area contributed by atoms with Crippen molar-refractivity contribution in [2.75, 3.05) is 30.2 Å². The third kappa shape index (κ3) is 4.70. The summed E-state index contributed by atoms with van der Waals surface area (Å²) in [7, 11) is -3.41. The number of nitrogens with zero attached hydrogens (tertiary/aromatic N) is 2. The molecule has 23 heavy (non-hydrogen) atoms. The quantitative estimate of drug-likeness (QED) is 0.829. The maximum absolute atomic E-state index is 12.3. The van der Waals surface area contributed by atoms with E-state index in [2.05, 4.69) is 0 Å². The fraction of sp³-hybridized carbons (Fsp3) is 0.588. The smallest absolute Gasteiger partial charge is 0.232 e. The van der Waals surface area contributed by atoms with Gasteiger partial charge in [0, 0.05) is 26.1 Å². The van der Waals surface area contributed by atoms with Crippen molar-refractivity contribution in [3.05, 3.63) is 29.3 Å². The second-order valence-electron chi connectivity index (χ2n) is 6.30. The monoisotopic (exact) mass is 338 g/mol. The van der Waals surface area contributed by atoms with Gasteiger partial charge in [-0.05, 0) is 56.4 Å². The van der Waals surface area contributed by atoms with E-state index in [9.17, 15) is 13.2 Å². The van der Waals surface area contributed by atoms with Crippen LogP contribution < -0.4 is 4.31 Å². The Morgan fingerprint density at radius 2 is 1.78 bits per heavy atom. The zero-order valence-corrected chi connectivity index (χ0v) is 15.0. The average molecular weight is 338 g/mol. The summed E-state index contributed by atoms with van der Waals surface area (Å²) in [4.78, 5) is 14.1. The first-order chi connectivity index (χ1) is 10.8. The number of rotatable bonds is 5. The lowest BCUT2D eigenvalue weighted by Gasteiger charge is -2.28. The summed E-state index contributed by atoms with van der Waals surface area (Å²) >= 11 is 0. The summed E-state index contributed by atoms with van der Waals surface area (Å²) < 4.78 is 25.6. The van der Waals surface area contributed by atoms with Gasteiger partial charge in [0.05, 0.1) is 11.9 Å². The highest BCUT2D eigenvalue weighted by molar-refractivity contribution is 7.92. The molecule has 1 aromatic rings. The van der Waals surface area contributed by atoms with Gasteiger partial charge >= 0.3 is 0 Å². The van der Waals surface area contributed by atoms with E-state index in [0.717, 1.165) is 37.1 Å². The molecule has 1 saturated heterocycles. The number of carbonyl (C=O) groups excluding carboxylic acids is 1. The molecule has 0 radical (unpaired) electrons. The summed E-state index contributed by atoms with van der Waals surface area (Å²) in [6.45, 7) is 5.72. The predicted molar refractivity (Wildman–Crippen MR) is 93.2 cm³/mol. The van der Waals surface area contributed by atoms with Gasteiger partial charge in [0.1, 0.15) is 0 Å². The molecule has 1 aromatic carbocycles. The Morgan fingerprint density at radius 1 is 1.13 bits per heavy atom. The molecule has 1 fully saturated rings. The number of hydrogen-bond acceptors (Lipinski definition) is 3. The lowest BCUT2D eigenvalue weighted by Crippen LogP contribution is -2.39. The van der Waals surface area contributed by atoms with Gasteiger partial charge in [0.15, 0.2) is 0 Å². The fourth-order valence-electron chi connectivity index (χ4n) is 2.87. The Bertz CT molecular complexity index is 664. The minimum absolute atomic E-state index is 0.0437. The van der Waals surface area contributed by atoms with Gasteiger partial charge in [0.25, 0.3) is 0 Å². The van der Waals surface area contributed by atoms with Crippen LogP contribution in [-0.2, 0) is 14.8 Å². The standard InChI is InChI=1S/C17H26N2O3S/c1-14-7-8-16(13-15(14)2)19(23(3,21)22)12-9-17(20)18-10-5-4-6-11-18/h7-8,13H,4-6,9-12H2,1-3H3. The topological polar surface area (TPSA) is 57.7 Å². The van der Waals surface area contributed by atoms with Crippen LogP contribution in [0, 0.1) is 13.8 Å². The van der Waals surface area contributed by atoms with Gasteiger partial charge in [-0.25, -0.2) is 8.42 Å². The summed E-state index contributed by atoms with van der Waals surface area (Å²) in [6, 6.07) is 5.58. The van der Waals surface area contributed by atoms with Crippen LogP contribution in [0.5, 0.6) is 0 Å². The largest absolute Gasteiger partial charge is 0.343 e. The van der Waals surface area contributed by atoms with E-state index in [1.54, 1.807) is 6.07 Å². The summed E-state index contributed by atoms with van der Waals surface area (Å²) in [6.07, 6.45) is 4.66. The van der Waals surface area contributed by atoms with Crippen molar-refractivity contribution in [1.82, 2.24) is 4.90 Å². The van der Waals surface area contributed by atoms with Crippen LogP contribution in [0.15, 0.2) is 18.2 Å². The second-order valence-corrected chi connectivity index (χ2v) is 8.20. The van der Waals surface area contributed by atoms with Crippen LogP contribution >= 0.6 is 0 Å². The van der Waals surface area contributed by atoms with Crippen LogP contribution in [-0.4, -0.2) is 45.1 Å². The first-order valence-corrected chi connectivity index (χ1v) is 9.96. The average Bonchev–Trinajstić information content (AvgIpc) is 2.50. The van der Waals surface area contributed by atoms with Crippen molar-refractivity contribution in [2.45, 2.75) is 39.5 Å². The lowest BCUT2D eigenvalue weighted by molar-refractivity contribution is -0.131. The van der Waals surface area contributed by atoms with Crippen LogP contribution in [0.25, 0.3) is 0 Å². The molecule has 0 spiro atoms. The minimum Gasteiger partial charge on any atom is -0.343 e. The highest BCUT2D eigenvalue weighted by Gasteiger charge is 2.22. The first kappa shape index (κ1) is 17.8. The van der Waals surface area contributed by atoms with E-state index >= 15 is 0 Å². The molecule has 0 aliphatic carbocycles. The van der Waals surface area contributed by atoms with Crippen molar-refractivity contribution < 1.29 is 13.2 Å². The van der Waals surface area contributed by atoms with Gasteiger partial charge in [-0.1, -0.05) is 6.07 Å². The van der Waals surface area contributed by atoms with E-state index in [4.69, 9.17) is 0 Å². The maximum atomic E-state index is 12.3. The number of aryl methyl sites for hydroxylation is 2. The predicted octanol–water partition coefficient (Wildman–Crippen LogP) is 2.47. The van der Waals surface area contributed by atoms with Crippen molar-refractivity contribution in [2.24, 2.45) is 0 Å². The number of sulfonamides is 1. The number of hydrogen-bond donors (Lipinski definition) is 0. The number of anilines is 1. The zero-order valence-electron chi connectivity index (χ0n) is 14.2. The van der Waals surface area contributed by atoms with E-state index in [-0.39, 0.29) is 18.9 Å². The molecule has 0 saturated carbocycles. The molecule has 1 aliphatic rings. The molecule has 1 aliphatic heterocycles. The van der Waals surface area contributed by atoms with Gasteiger partial charge in [-0.15, -0.1) is 0 Å². The van der Waals surface area contributed by atoms with Crippen molar-refractivity contribution in [3.8, 4) is 0 Å². The molecule has 5 nitrogen and oxygen atoms in total. The van der Waals surface area contributed by atoms with Crippen molar-refractivity contribution >= 4 is 21.6 Å². The molecule has 0 N–H and O–H groups in total. The van der Waals surface area contributed by atoms with Crippen LogP contribution in [0.2, 0.25) is 0 Å². The number of likely N-dealkylation sites (tertiary alicyclic amines) is 1. The second kappa shape index (κ2) is 7.34. The van der Waals surface area contributed by atoms with Gasteiger partial charge in [-0.2, -0.15) is 0 Å². The molecule has 128 valence electrons. The van der Waals surface area contributed by atoms with Crippen molar-refractivity contribution in [3.63, 3.8) is 0 Å². The highest BCUT2D eigenvalue weighted by Crippen LogP contribution is 2.22. The third-order valence-corrected chi connectivity index (χ3v) is 5.61. The minimum atomic E-state index is -3.41. The zero-order chi connectivity index (χ0) is 17.0. The Morgan fingerprint density at radius 3 is 2.35 bits per heavy atom. The van der Waals surface area contributed by atoms with E-state index < -0.39 is 10.0 Å². The van der Waals surface area contributed by atoms with Crippen LogP contribution in [0.4, 0.5) is 5.69 Å². The van der Waals surface area contributed by atoms with Gasteiger partial charge in [0.2, 0.25) is 15.9 Å². The lowest BCUT2D eigenvalue weighted by atomic mass is 10.1. The van der Waals surface area contributed by atoms with E-state index in [1.807, 2.05) is 30.9 Å². The van der Waals surface area contributed by atoms with Gasteiger partial charge in [-0.3, -0.25) is 9.10 Å². The fourth-order valence-corrected chi connectivity index (χ4v) is 3.79. The van der Waals surface area contributed by atoms with Crippen LogP contribution in [0.3, 0.4) is 0 Å². The van der Waals surface area contributed by atoms with Crippen molar-refractivity contribution in [1.29, 1.82) is 0 Å². The number of piperidine rings is 1. The Labute approximate surface area is 139 Å². The Balaban J connectivity index is 2.10. The molecule has 0 atom stereocenters. The number of amides is 1.